The van der Waals surface area contributed by atoms with Crippen LogP contribution in [0.1, 0.15) is 36.2 Å². The van der Waals surface area contributed by atoms with Crippen molar-refractivity contribution in [1.29, 1.82) is 0 Å². The summed E-state index contributed by atoms with van der Waals surface area (Å²) in [5.41, 5.74) is 1.23. The molecule has 8 heteroatoms. The van der Waals surface area contributed by atoms with Crippen LogP contribution in [0, 0.1) is 5.92 Å². The van der Waals surface area contributed by atoms with E-state index in [9.17, 15) is 13.2 Å². The lowest BCUT2D eigenvalue weighted by atomic mass is 9.94. The summed E-state index contributed by atoms with van der Waals surface area (Å²) >= 11 is 1.75. The number of methoxy groups -OCH3 is 1. The summed E-state index contributed by atoms with van der Waals surface area (Å²) < 4.78 is 32.8. The lowest BCUT2D eigenvalue weighted by Gasteiger charge is -2.39. The summed E-state index contributed by atoms with van der Waals surface area (Å²) in [5, 5.41) is 2.08. The predicted octanol–water partition coefficient (Wildman–Crippen LogP) is 3.30. The van der Waals surface area contributed by atoms with Gasteiger partial charge in [-0.2, -0.15) is 4.31 Å². The zero-order valence-corrected chi connectivity index (χ0v) is 18.3. The van der Waals surface area contributed by atoms with E-state index in [0.29, 0.717) is 25.3 Å². The molecule has 2 atom stereocenters. The number of nitrogens with zero attached hydrogens (tertiary/aromatic N) is 2. The molecule has 3 heterocycles. The fraction of sp³-hybridized carbons (Fsp3) is 0.476. The Hall–Kier alpha value is -1.90. The molecule has 4 rings (SSSR count). The van der Waals surface area contributed by atoms with Crippen molar-refractivity contribution in [2.45, 2.75) is 37.1 Å². The standard InChI is InChI=1S/C21H26N2O4S2/c1-15-19-10-13-28-20(19)9-12-23(15)21(24)16-4-3-11-22(14-16)29(25,26)18-7-5-17(27-2)6-8-18/h5-8,10,13,15-16H,3-4,9,11-12,14H2,1-2H3. The lowest BCUT2D eigenvalue weighted by molar-refractivity contribution is -0.139. The minimum atomic E-state index is -3.63. The second kappa shape index (κ2) is 8.08. The van der Waals surface area contributed by atoms with Crippen molar-refractivity contribution in [2.24, 2.45) is 5.92 Å². The van der Waals surface area contributed by atoms with Crippen LogP contribution in [0.25, 0.3) is 0 Å². The van der Waals surface area contributed by atoms with Crippen LogP contribution in [0.2, 0.25) is 0 Å². The summed E-state index contributed by atoms with van der Waals surface area (Å²) in [7, 11) is -2.08. The van der Waals surface area contributed by atoms with Crippen molar-refractivity contribution in [1.82, 2.24) is 9.21 Å². The van der Waals surface area contributed by atoms with E-state index in [4.69, 9.17) is 4.74 Å². The molecule has 0 saturated carbocycles. The fourth-order valence-corrected chi connectivity index (χ4v) is 6.79. The maximum atomic E-state index is 13.3. The fourth-order valence-electron chi connectivity index (χ4n) is 4.30. The van der Waals surface area contributed by atoms with E-state index in [0.717, 1.165) is 12.8 Å². The molecule has 2 aliphatic heterocycles. The summed E-state index contributed by atoms with van der Waals surface area (Å²) in [6.45, 7) is 3.46. The number of piperidine rings is 1. The quantitative estimate of drug-likeness (QED) is 0.741. The number of sulfonamides is 1. The number of fused-ring (bicyclic) bond motifs is 1. The molecule has 0 spiro atoms. The first-order chi connectivity index (χ1) is 13.9. The minimum Gasteiger partial charge on any atom is -0.497 e. The number of hydrogen-bond acceptors (Lipinski definition) is 5. The molecule has 0 bridgehead atoms. The SMILES string of the molecule is COc1ccc(S(=O)(=O)N2CCCC(C(=O)N3CCc4sccc4C3C)C2)cc1. The van der Waals surface area contributed by atoms with Gasteiger partial charge in [0.05, 0.1) is 24.0 Å². The Balaban J connectivity index is 1.50. The highest BCUT2D eigenvalue weighted by Gasteiger charge is 2.37. The van der Waals surface area contributed by atoms with Crippen LogP contribution in [0.15, 0.2) is 40.6 Å². The Morgan fingerprint density at radius 2 is 1.93 bits per heavy atom. The number of ether oxygens (including phenoxy) is 1. The van der Waals surface area contributed by atoms with Gasteiger partial charge in [0.2, 0.25) is 15.9 Å². The van der Waals surface area contributed by atoms with Crippen LogP contribution < -0.4 is 4.74 Å². The van der Waals surface area contributed by atoms with Crippen LogP contribution in [-0.4, -0.2) is 50.3 Å². The first-order valence-corrected chi connectivity index (χ1v) is 12.2. The summed E-state index contributed by atoms with van der Waals surface area (Å²) in [6.07, 6.45) is 2.30. The van der Waals surface area contributed by atoms with Crippen molar-refractivity contribution in [3.8, 4) is 5.75 Å². The molecule has 1 aromatic heterocycles. The zero-order chi connectivity index (χ0) is 20.6. The third kappa shape index (κ3) is 3.81. The Bertz CT molecular complexity index is 984. The van der Waals surface area contributed by atoms with Gasteiger partial charge < -0.3 is 9.64 Å². The smallest absolute Gasteiger partial charge is 0.243 e. The van der Waals surface area contributed by atoms with Gasteiger partial charge in [-0.15, -0.1) is 11.3 Å². The molecule has 0 radical (unpaired) electrons. The molecule has 1 aromatic carbocycles. The van der Waals surface area contributed by atoms with Crippen molar-refractivity contribution in [3.05, 3.63) is 46.2 Å². The van der Waals surface area contributed by atoms with Gasteiger partial charge >= 0.3 is 0 Å². The molecule has 1 saturated heterocycles. The number of hydrogen-bond donors (Lipinski definition) is 0. The van der Waals surface area contributed by atoms with E-state index in [2.05, 4.69) is 18.4 Å². The Morgan fingerprint density at radius 3 is 2.66 bits per heavy atom. The average molecular weight is 435 g/mol. The van der Waals surface area contributed by atoms with Crippen LogP contribution in [-0.2, 0) is 21.2 Å². The highest BCUT2D eigenvalue weighted by Crippen LogP contribution is 2.35. The maximum Gasteiger partial charge on any atom is 0.243 e. The maximum absolute atomic E-state index is 13.3. The normalized spacial score (nSPS) is 22.9. The van der Waals surface area contributed by atoms with Crippen LogP contribution in [0.4, 0.5) is 0 Å². The molecule has 2 aromatic rings. The molecule has 6 nitrogen and oxygen atoms in total. The van der Waals surface area contributed by atoms with Crippen LogP contribution >= 0.6 is 11.3 Å². The molecule has 1 fully saturated rings. The highest BCUT2D eigenvalue weighted by molar-refractivity contribution is 7.89. The number of amides is 1. The molecular formula is C21H26N2O4S2. The van der Waals surface area contributed by atoms with Crippen LogP contribution in [0.3, 0.4) is 0 Å². The first-order valence-electron chi connectivity index (χ1n) is 9.92. The number of carbonyl (C=O) groups excluding carboxylic acids is 1. The number of thiophene rings is 1. The van der Waals surface area contributed by atoms with Gasteiger partial charge in [-0.25, -0.2) is 8.42 Å². The predicted molar refractivity (Wildman–Crippen MR) is 113 cm³/mol. The second-order valence-electron chi connectivity index (χ2n) is 7.63. The summed E-state index contributed by atoms with van der Waals surface area (Å²) in [6, 6.07) is 8.56. The Kier molecular flexibility index (Phi) is 5.68. The van der Waals surface area contributed by atoms with Gasteiger partial charge in [-0.05, 0) is 67.5 Å². The molecular weight excluding hydrogens is 408 g/mol. The Morgan fingerprint density at radius 1 is 1.17 bits per heavy atom. The molecule has 29 heavy (non-hydrogen) atoms. The van der Waals surface area contributed by atoms with Gasteiger partial charge in [-0.3, -0.25) is 4.79 Å². The summed E-state index contributed by atoms with van der Waals surface area (Å²) in [4.78, 5) is 16.8. The highest BCUT2D eigenvalue weighted by atomic mass is 32.2. The third-order valence-corrected chi connectivity index (χ3v) is 8.87. The van der Waals surface area contributed by atoms with Gasteiger partial charge in [0.15, 0.2) is 0 Å². The van der Waals surface area contributed by atoms with Crippen molar-refractivity contribution in [3.63, 3.8) is 0 Å². The van der Waals surface area contributed by atoms with E-state index in [1.165, 1.54) is 14.7 Å². The molecule has 156 valence electrons. The largest absolute Gasteiger partial charge is 0.497 e. The molecule has 0 aliphatic carbocycles. The number of benzene rings is 1. The van der Waals surface area contributed by atoms with E-state index < -0.39 is 10.0 Å². The molecule has 2 aliphatic rings. The lowest BCUT2D eigenvalue weighted by Crippen LogP contribution is -2.48. The molecule has 1 amide bonds. The van der Waals surface area contributed by atoms with E-state index >= 15 is 0 Å². The van der Waals surface area contributed by atoms with Gasteiger partial charge in [0, 0.05) is 24.5 Å². The van der Waals surface area contributed by atoms with Crippen LogP contribution in [0.5, 0.6) is 5.75 Å². The average Bonchev–Trinajstić information content (AvgIpc) is 3.23. The first kappa shape index (κ1) is 20.4. The summed E-state index contributed by atoms with van der Waals surface area (Å²) in [5.74, 6) is 0.394. The molecule has 2 unspecified atom stereocenters. The molecule has 0 N–H and O–H groups in total. The van der Waals surface area contributed by atoms with Crippen molar-refractivity contribution < 1.29 is 17.9 Å². The second-order valence-corrected chi connectivity index (χ2v) is 10.6. The zero-order valence-electron chi connectivity index (χ0n) is 16.7. The van der Waals surface area contributed by atoms with Crippen molar-refractivity contribution in [2.75, 3.05) is 26.7 Å². The van der Waals surface area contributed by atoms with E-state index in [-0.39, 0.29) is 29.3 Å². The van der Waals surface area contributed by atoms with Gasteiger partial charge in [0.25, 0.3) is 0 Å². The number of carbonyl (C=O) groups is 1. The van der Waals surface area contributed by atoms with Gasteiger partial charge in [-0.1, -0.05) is 0 Å². The van der Waals surface area contributed by atoms with Crippen molar-refractivity contribution >= 4 is 27.3 Å². The van der Waals surface area contributed by atoms with Gasteiger partial charge in [0.1, 0.15) is 5.75 Å². The topological polar surface area (TPSA) is 66.9 Å². The number of rotatable bonds is 4. The van der Waals surface area contributed by atoms with E-state index in [1.54, 1.807) is 42.7 Å². The third-order valence-electron chi connectivity index (χ3n) is 5.99. The monoisotopic (exact) mass is 434 g/mol. The van der Waals surface area contributed by atoms with E-state index in [1.807, 2.05) is 4.90 Å². The Labute approximate surface area is 176 Å². The minimum absolute atomic E-state index is 0.0473.